The molecule has 0 aliphatic heterocycles. The molecule has 37 heavy (non-hydrogen) atoms. The molecule has 0 saturated carbocycles. The fraction of sp³-hybridized carbons (Fsp3) is 0.419. The molecule has 1 rings (SSSR count). The molecule has 0 amide bonds. The van der Waals surface area contributed by atoms with Crippen LogP contribution in [0.1, 0.15) is 56.7 Å². The normalized spacial score (nSPS) is 13.5. The molecule has 0 fully saturated rings. The summed E-state index contributed by atoms with van der Waals surface area (Å²) in [6, 6.07) is 6.29. The summed E-state index contributed by atoms with van der Waals surface area (Å²) in [6.07, 6.45) is 6.30. The lowest BCUT2D eigenvalue weighted by molar-refractivity contribution is -0.148. The zero-order valence-electron chi connectivity index (χ0n) is 22.8. The second-order valence-corrected chi connectivity index (χ2v) is 9.38. The number of rotatable bonds is 16. The Morgan fingerprint density at radius 1 is 1.05 bits per heavy atom. The number of unbranched alkanes of at least 4 members (excludes halogenated alkanes) is 1. The summed E-state index contributed by atoms with van der Waals surface area (Å²) in [4.78, 5) is 24.5. The largest absolute Gasteiger partial charge is 0.461 e. The summed E-state index contributed by atoms with van der Waals surface area (Å²) in [5.74, 6) is -1.50. The van der Waals surface area contributed by atoms with Crippen molar-refractivity contribution >= 4 is 17.5 Å². The van der Waals surface area contributed by atoms with E-state index in [1.165, 1.54) is 18.1 Å². The van der Waals surface area contributed by atoms with Gasteiger partial charge in [-0.05, 0) is 60.9 Å². The standard InChI is InChI=1S/C31H42O6/c1-9-11-12-27-15-16-28(17-22(27)4)21(3)13-14-24(6)31(10-2,19-36-29(34)23(5)18-32)20-37-30(35)25(7)26(8)33/h13-17,26,32-33H,3,5-7,9-12,18-20H2,1-2,4,8H3/b14-13-. The Morgan fingerprint density at radius 2 is 1.68 bits per heavy atom. The molecule has 202 valence electrons. The SMILES string of the molecule is C=C(CO)C(=O)OCC(CC)(COC(=O)C(=C)C(C)O)C(=C)/C=C\C(=C)c1ccc(CCCC)c(C)c1. The van der Waals surface area contributed by atoms with Crippen LogP contribution in [0.3, 0.4) is 0 Å². The average molecular weight is 511 g/mol. The second kappa shape index (κ2) is 15.1. The average Bonchev–Trinajstić information content (AvgIpc) is 2.89. The van der Waals surface area contributed by atoms with Crippen molar-refractivity contribution in [2.24, 2.45) is 5.41 Å². The van der Waals surface area contributed by atoms with Crippen LogP contribution >= 0.6 is 0 Å². The monoisotopic (exact) mass is 510 g/mol. The first-order valence-electron chi connectivity index (χ1n) is 12.6. The maximum atomic E-state index is 12.3. The zero-order valence-corrected chi connectivity index (χ0v) is 22.8. The number of hydrogen-bond acceptors (Lipinski definition) is 6. The Morgan fingerprint density at radius 3 is 2.19 bits per heavy atom. The third-order valence-electron chi connectivity index (χ3n) is 6.56. The van der Waals surface area contributed by atoms with Crippen molar-refractivity contribution in [3.8, 4) is 0 Å². The number of aryl methyl sites for hydroxylation is 2. The van der Waals surface area contributed by atoms with Crippen LogP contribution in [0.25, 0.3) is 5.57 Å². The lowest BCUT2D eigenvalue weighted by atomic mass is 9.79. The number of benzene rings is 1. The van der Waals surface area contributed by atoms with Gasteiger partial charge in [0.25, 0.3) is 0 Å². The van der Waals surface area contributed by atoms with E-state index in [4.69, 9.17) is 9.47 Å². The number of allylic oxidation sites excluding steroid dienone is 3. The van der Waals surface area contributed by atoms with Gasteiger partial charge in [-0.25, -0.2) is 9.59 Å². The second-order valence-electron chi connectivity index (χ2n) is 9.38. The van der Waals surface area contributed by atoms with E-state index >= 15 is 0 Å². The van der Waals surface area contributed by atoms with Crippen LogP contribution in [-0.4, -0.2) is 48.1 Å². The van der Waals surface area contributed by atoms with Gasteiger partial charge in [0.1, 0.15) is 13.2 Å². The number of carbonyl (C=O) groups excluding carboxylic acids is 2. The molecule has 0 saturated heterocycles. The minimum Gasteiger partial charge on any atom is -0.461 e. The Kier molecular flexibility index (Phi) is 13.0. The molecule has 0 bridgehead atoms. The summed E-state index contributed by atoms with van der Waals surface area (Å²) >= 11 is 0. The minimum atomic E-state index is -1.06. The van der Waals surface area contributed by atoms with Gasteiger partial charge in [-0.2, -0.15) is 0 Å². The number of ether oxygens (including phenoxy) is 2. The van der Waals surface area contributed by atoms with Gasteiger partial charge in [-0.1, -0.05) is 76.9 Å². The van der Waals surface area contributed by atoms with Crippen LogP contribution in [0.5, 0.6) is 0 Å². The van der Waals surface area contributed by atoms with Crippen LogP contribution in [0.2, 0.25) is 0 Å². The molecule has 1 aromatic carbocycles. The molecule has 6 heteroatoms. The molecular weight excluding hydrogens is 468 g/mol. The Bertz CT molecular complexity index is 1050. The fourth-order valence-corrected chi connectivity index (χ4v) is 3.51. The molecule has 0 spiro atoms. The van der Waals surface area contributed by atoms with Crippen LogP contribution in [0.15, 0.2) is 73.4 Å². The molecule has 2 unspecified atom stereocenters. The first-order chi connectivity index (χ1) is 17.4. The highest BCUT2D eigenvalue weighted by molar-refractivity contribution is 5.89. The molecule has 2 N–H and O–H groups in total. The van der Waals surface area contributed by atoms with E-state index in [0.29, 0.717) is 12.0 Å². The summed E-state index contributed by atoms with van der Waals surface area (Å²) in [7, 11) is 0. The topological polar surface area (TPSA) is 93.1 Å². The van der Waals surface area contributed by atoms with Crippen LogP contribution in [0, 0.1) is 12.3 Å². The molecular formula is C31H42O6. The van der Waals surface area contributed by atoms with Crippen molar-refractivity contribution in [2.75, 3.05) is 19.8 Å². The van der Waals surface area contributed by atoms with E-state index in [1.807, 2.05) is 19.1 Å². The van der Waals surface area contributed by atoms with Crippen molar-refractivity contribution in [3.63, 3.8) is 0 Å². The maximum Gasteiger partial charge on any atom is 0.336 e. The third-order valence-corrected chi connectivity index (χ3v) is 6.56. The van der Waals surface area contributed by atoms with Gasteiger partial charge in [-0.15, -0.1) is 0 Å². The van der Waals surface area contributed by atoms with E-state index < -0.39 is 30.1 Å². The Labute approximate surface area is 221 Å². The fourth-order valence-electron chi connectivity index (χ4n) is 3.51. The zero-order chi connectivity index (χ0) is 28.2. The molecule has 0 heterocycles. The van der Waals surface area contributed by atoms with Gasteiger partial charge in [0.15, 0.2) is 0 Å². The number of carbonyl (C=O) groups is 2. The third kappa shape index (κ3) is 9.30. The minimum absolute atomic E-state index is 0.0806. The molecule has 6 nitrogen and oxygen atoms in total. The Balaban J connectivity index is 3.15. The first-order valence-corrected chi connectivity index (χ1v) is 12.6. The number of aliphatic hydroxyl groups is 2. The summed E-state index contributed by atoms with van der Waals surface area (Å²) < 4.78 is 10.8. The number of hydrogen-bond donors (Lipinski definition) is 2. The summed E-state index contributed by atoms with van der Waals surface area (Å²) in [5, 5.41) is 18.8. The van der Waals surface area contributed by atoms with Crippen molar-refractivity contribution in [2.45, 2.75) is 59.5 Å². The van der Waals surface area contributed by atoms with Crippen molar-refractivity contribution < 1.29 is 29.3 Å². The lowest BCUT2D eigenvalue weighted by Gasteiger charge is -2.33. The van der Waals surface area contributed by atoms with E-state index in [-0.39, 0.29) is 24.4 Å². The lowest BCUT2D eigenvalue weighted by Crippen LogP contribution is -2.36. The quantitative estimate of drug-likeness (QED) is 0.175. The van der Waals surface area contributed by atoms with Crippen molar-refractivity contribution in [3.05, 3.63) is 90.1 Å². The first kappa shape index (κ1) is 31.8. The predicted molar refractivity (Wildman–Crippen MR) is 149 cm³/mol. The molecule has 0 aromatic heterocycles. The van der Waals surface area contributed by atoms with Gasteiger partial charge >= 0.3 is 11.9 Å². The molecule has 2 atom stereocenters. The van der Waals surface area contributed by atoms with E-state index in [0.717, 1.165) is 30.4 Å². The molecule has 0 aliphatic rings. The highest BCUT2D eigenvalue weighted by Crippen LogP contribution is 2.34. The number of aliphatic hydroxyl groups excluding tert-OH is 2. The molecule has 0 aliphatic carbocycles. The number of esters is 2. The summed E-state index contributed by atoms with van der Waals surface area (Å²) in [6.45, 7) is 22.1. The molecule has 0 radical (unpaired) electrons. The highest BCUT2D eigenvalue weighted by Gasteiger charge is 2.35. The predicted octanol–water partition coefficient (Wildman–Crippen LogP) is 5.43. The van der Waals surface area contributed by atoms with Crippen LogP contribution in [0.4, 0.5) is 0 Å². The van der Waals surface area contributed by atoms with E-state index in [2.05, 4.69) is 52.3 Å². The van der Waals surface area contributed by atoms with Crippen molar-refractivity contribution in [1.82, 2.24) is 0 Å². The highest BCUT2D eigenvalue weighted by atomic mass is 16.5. The van der Waals surface area contributed by atoms with Gasteiger partial charge in [0.2, 0.25) is 0 Å². The van der Waals surface area contributed by atoms with Gasteiger partial charge in [0, 0.05) is 0 Å². The van der Waals surface area contributed by atoms with Crippen molar-refractivity contribution in [1.29, 1.82) is 0 Å². The van der Waals surface area contributed by atoms with E-state index in [1.54, 1.807) is 6.08 Å². The van der Waals surface area contributed by atoms with Crippen LogP contribution < -0.4 is 0 Å². The smallest absolute Gasteiger partial charge is 0.336 e. The Hall–Kier alpha value is -3.22. The van der Waals surface area contributed by atoms with Gasteiger partial charge in [-0.3, -0.25) is 0 Å². The van der Waals surface area contributed by atoms with Gasteiger partial charge < -0.3 is 19.7 Å². The van der Waals surface area contributed by atoms with Crippen LogP contribution in [-0.2, 0) is 25.5 Å². The van der Waals surface area contributed by atoms with E-state index in [9.17, 15) is 19.8 Å². The maximum absolute atomic E-state index is 12.3. The molecule has 1 aromatic rings. The summed E-state index contributed by atoms with van der Waals surface area (Å²) in [5.41, 5.74) is 3.73. The van der Waals surface area contributed by atoms with Gasteiger partial charge in [0.05, 0.1) is 29.3 Å².